The first-order valence-electron chi connectivity index (χ1n) is 5.96. The number of ether oxygens (including phenoxy) is 2. The van der Waals surface area contributed by atoms with E-state index in [2.05, 4.69) is 6.92 Å². The first kappa shape index (κ1) is 13.7. The third-order valence-electron chi connectivity index (χ3n) is 2.60. The zero-order chi connectivity index (χ0) is 12.7. The molecule has 94 valence electrons. The lowest BCUT2D eigenvalue weighted by Gasteiger charge is -2.12. The minimum Gasteiger partial charge on any atom is -0.496 e. The fourth-order valence-electron chi connectivity index (χ4n) is 1.66. The van der Waals surface area contributed by atoms with Gasteiger partial charge < -0.3 is 9.47 Å². The highest BCUT2D eigenvalue weighted by Gasteiger charge is 2.12. The van der Waals surface area contributed by atoms with Crippen LogP contribution in [-0.4, -0.2) is 25.6 Å². The summed E-state index contributed by atoms with van der Waals surface area (Å²) >= 11 is 0. The van der Waals surface area contributed by atoms with E-state index in [0.717, 1.165) is 12.8 Å². The van der Waals surface area contributed by atoms with Crippen molar-refractivity contribution in [1.82, 2.24) is 0 Å². The quantitative estimate of drug-likeness (QED) is 0.682. The zero-order valence-electron chi connectivity index (χ0n) is 10.7. The lowest BCUT2D eigenvalue weighted by molar-refractivity contribution is 0.0488. The van der Waals surface area contributed by atoms with Crippen molar-refractivity contribution in [3.63, 3.8) is 0 Å². The van der Waals surface area contributed by atoms with Crippen LogP contribution in [0.4, 0.5) is 0 Å². The molecule has 0 aliphatic heterocycles. The van der Waals surface area contributed by atoms with Crippen LogP contribution in [0.15, 0.2) is 24.3 Å². The number of benzene rings is 1. The number of carbonyl (C=O) groups is 1. The van der Waals surface area contributed by atoms with E-state index in [0.29, 0.717) is 11.3 Å². The highest BCUT2D eigenvalue weighted by atomic mass is 16.5. The van der Waals surface area contributed by atoms with Crippen LogP contribution in [0.25, 0.3) is 0 Å². The summed E-state index contributed by atoms with van der Waals surface area (Å²) in [5.41, 5.74) is 0.582. The molecular weight excluding hydrogens is 216 g/mol. The molecule has 3 heteroatoms. The normalized spacial score (nSPS) is 12.2. The Morgan fingerprint density at radius 3 is 2.71 bits per heavy atom. The van der Waals surface area contributed by atoms with Gasteiger partial charge in [0.2, 0.25) is 0 Å². The predicted octanol–water partition coefficient (Wildman–Crippen LogP) is 3.08. The minimum atomic E-state index is -0.0367. The molecule has 1 unspecified atom stereocenters. The molecule has 0 saturated carbocycles. The van der Waals surface area contributed by atoms with Gasteiger partial charge in [-0.3, -0.25) is 4.79 Å². The van der Waals surface area contributed by atoms with Gasteiger partial charge in [-0.15, -0.1) is 0 Å². The van der Waals surface area contributed by atoms with Crippen LogP contribution in [0.2, 0.25) is 0 Å². The summed E-state index contributed by atoms with van der Waals surface area (Å²) in [6.07, 6.45) is 2.15. The number of rotatable bonds is 7. The molecule has 0 radical (unpaired) electrons. The number of carbonyl (C=O) groups excluding carboxylic acids is 1. The summed E-state index contributed by atoms with van der Waals surface area (Å²) < 4.78 is 10.6. The van der Waals surface area contributed by atoms with Crippen molar-refractivity contribution in [2.45, 2.75) is 32.8 Å². The Bertz CT molecular complexity index is 360. The lowest BCUT2D eigenvalue weighted by Crippen LogP contribution is -2.16. The number of ketones is 1. The molecule has 0 aliphatic rings. The molecule has 0 heterocycles. The molecule has 3 nitrogen and oxygen atoms in total. The van der Waals surface area contributed by atoms with E-state index in [9.17, 15) is 4.79 Å². The van der Waals surface area contributed by atoms with Gasteiger partial charge in [-0.25, -0.2) is 0 Å². The summed E-state index contributed by atoms with van der Waals surface area (Å²) in [4.78, 5) is 11.9. The largest absolute Gasteiger partial charge is 0.496 e. The zero-order valence-corrected chi connectivity index (χ0v) is 10.7. The average Bonchev–Trinajstić information content (AvgIpc) is 2.36. The minimum absolute atomic E-state index is 0.0367. The van der Waals surface area contributed by atoms with Gasteiger partial charge in [-0.1, -0.05) is 25.5 Å². The third kappa shape index (κ3) is 4.19. The number of hydrogen-bond donors (Lipinski definition) is 0. The van der Waals surface area contributed by atoms with Crippen molar-refractivity contribution < 1.29 is 14.3 Å². The summed E-state index contributed by atoms with van der Waals surface area (Å²) in [7, 11) is 1.56. The molecule has 1 atom stereocenters. The van der Waals surface area contributed by atoms with Gasteiger partial charge >= 0.3 is 0 Å². The van der Waals surface area contributed by atoms with Crippen LogP contribution in [0.3, 0.4) is 0 Å². The maximum absolute atomic E-state index is 11.9. The molecule has 0 N–H and O–H groups in total. The molecule has 1 rings (SSSR count). The summed E-state index contributed by atoms with van der Waals surface area (Å²) in [5, 5.41) is 0. The van der Waals surface area contributed by atoms with Crippen LogP contribution >= 0.6 is 0 Å². The molecule has 0 amide bonds. The van der Waals surface area contributed by atoms with Gasteiger partial charge in [0.25, 0.3) is 0 Å². The van der Waals surface area contributed by atoms with Crippen molar-refractivity contribution in [3.05, 3.63) is 29.8 Å². The van der Waals surface area contributed by atoms with Gasteiger partial charge in [0.05, 0.1) is 18.8 Å². The van der Waals surface area contributed by atoms with E-state index >= 15 is 0 Å². The Balaban J connectivity index is 2.58. The molecule has 0 aromatic heterocycles. The fraction of sp³-hybridized carbons (Fsp3) is 0.500. The SMILES string of the molecule is CCCC(C)OCC(=O)c1ccccc1OC. The molecule has 1 aromatic rings. The van der Waals surface area contributed by atoms with Crippen LogP contribution in [0.1, 0.15) is 37.0 Å². The first-order valence-corrected chi connectivity index (χ1v) is 5.96. The highest BCUT2D eigenvalue weighted by Crippen LogP contribution is 2.18. The van der Waals surface area contributed by atoms with E-state index in [4.69, 9.17) is 9.47 Å². The Kier molecular flexibility index (Phi) is 5.70. The van der Waals surface area contributed by atoms with E-state index < -0.39 is 0 Å². The number of Topliss-reactive ketones (excluding diaryl/α,β-unsaturated/α-hetero) is 1. The second kappa shape index (κ2) is 7.07. The molecule has 0 bridgehead atoms. The second-order valence-corrected chi connectivity index (χ2v) is 4.03. The molecular formula is C14H20O3. The maximum Gasteiger partial charge on any atom is 0.192 e. The topological polar surface area (TPSA) is 35.5 Å². The van der Waals surface area contributed by atoms with Gasteiger partial charge in [0, 0.05) is 0 Å². The molecule has 0 spiro atoms. The van der Waals surface area contributed by atoms with Crippen LogP contribution in [0, 0.1) is 0 Å². The van der Waals surface area contributed by atoms with Crippen LogP contribution in [0.5, 0.6) is 5.75 Å². The van der Waals surface area contributed by atoms with Gasteiger partial charge in [-0.2, -0.15) is 0 Å². The van der Waals surface area contributed by atoms with E-state index in [1.54, 1.807) is 19.2 Å². The monoisotopic (exact) mass is 236 g/mol. The van der Waals surface area contributed by atoms with Crippen molar-refractivity contribution in [2.75, 3.05) is 13.7 Å². The second-order valence-electron chi connectivity index (χ2n) is 4.03. The Morgan fingerprint density at radius 2 is 2.06 bits per heavy atom. The van der Waals surface area contributed by atoms with Gasteiger partial charge in [0.15, 0.2) is 5.78 Å². The van der Waals surface area contributed by atoms with E-state index in [1.165, 1.54) is 0 Å². The van der Waals surface area contributed by atoms with E-state index in [-0.39, 0.29) is 18.5 Å². The lowest BCUT2D eigenvalue weighted by atomic mass is 10.1. The third-order valence-corrected chi connectivity index (χ3v) is 2.60. The van der Waals surface area contributed by atoms with Gasteiger partial charge in [-0.05, 0) is 25.5 Å². The smallest absolute Gasteiger partial charge is 0.192 e. The molecule has 0 fully saturated rings. The Morgan fingerprint density at radius 1 is 1.35 bits per heavy atom. The van der Waals surface area contributed by atoms with Crippen molar-refractivity contribution in [1.29, 1.82) is 0 Å². The maximum atomic E-state index is 11.9. The number of hydrogen-bond acceptors (Lipinski definition) is 3. The van der Waals surface area contributed by atoms with Crippen molar-refractivity contribution in [3.8, 4) is 5.75 Å². The molecule has 17 heavy (non-hydrogen) atoms. The summed E-state index contributed by atoms with van der Waals surface area (Å²) in [6, 6.07) is 7.21. The number of methoxy groups -OCH3 is 1. The summed E-state index contributed by atoms with van der Waals surface area (Å²) in [6.45, 7) is 4.20. The van der Waals surface area contributed by atoms with Crippen LogP contribution in [-0.2, 0) is 4.74 Å². The molecule has 0 aliphatic carbocycles. The standard InChI is InChI=1S/C14H20O3/c1-4-7-11(2)17-10-13(15)12-8-5-6-9-14(12)16-3/h5-6,8-9,11H,4,7,10H2,1-3H3. The van der Waals surface area contributed by atoms with Gasteiger partial charge in [0.1, 0.15) is 12.4 Å². The predicted molar refractivity (Wildman–Crippen MR) is 67.6 cm³/mol. The molecule has 1 aromatic carbocycles. The summed E-state index contributed by atoms with van der Waals surface area (Å²) in [5.74, 6) is 0.564. The fourth-order valence-corrected chi connectivity index (χ4v) is 1.66. The average molecular weight is 236 g/mol. The Hall–Kier alpha value is -1.35. The van der Waals surface area contributed by atoms with Crippen molar-refractivity contribution >= 4 is 5.78 Å². The van der Waals surface area contributed by atoms with E-state index in [1.807, 2.05) is 19.1 Å². The first-order chi connectivity index (χ1) is 8.19. The number of para-hydroxylation sites is 1. The van der Waals surface area contributed by atoms with Crippen molar-refractivity contribution in [2.24, 2.45) is 0 Å². The van der Waals surface area contributed by atoms with Crippen LogP contribution < -0.4 is 4.74 Å². The molecule has 0 saturated heterocycles. The Labute approximate surface area is 103 Å². The highest BCUT2D eigenvalue weighted by molar-refractivity contribution is 5.99.